The van der Waals surface area contributed by atoms with E-state index in [2.05, 4.69) is 52.4 Å². The van der Waals surface area contributed by atoms with E-state index in [1.165, 1.54) is 5.56 Å². The Morgan fingerprint density at radius 2 is 1.75 bits per heavy atom. The maximum absolute atomic E-state index is 5.84. The smallest absolute Gasteiger partial charge is 0.119 e. The van der Waals surface area contributed by atoms with Crippen LogP contribution in [-0.4, -0.2) is 19.2 Å². The normalized spacial score (nSPS) is 12.1. The molecule has 0 aromatic heterocycles. The Labute approximate surface area is 129 Å². The van der Waals surface area contributed by atoms with Crippen molar-refractivity contribution >= 4 is 15.9 Å². The summed E-state index contributed by atoms with van der Waals surface area (Å²) in [5, 5.41) is 3.48. The van der Waals surface area contributed by atoms with Gasteiger partial charge in [-0.2, -0.15) is 0 Å². The Bertz CT molecular complexity index is 498. The Balaban J connectivity index is 1.91. The van der Waals surface area contributed by atoms with Gasteiger partial charge in [-0.05, 0) is 42.8 Å². The second-order valence-electron chi connectivity index (χ2n) is 4.71. The number of para-hydroxylation sites is 1. The van der Waals surface area contributed by atoms with Crippen molar-refractivity contribution in [3.8, 4) is 5.75 Å². The zero-order valence-electron chi connectivity index (χ0n) is 11.7. The van der Waals surface area contributed by atoms with Gasteiger partial charge in [0.25, 0.3) is 0 Å². The summed E-state index contributed by atoms with van der Waals surface area (Å²) in [4.78, 5) is 0. The topological polar surface area (TPSA) is 21.3 Å². The monoisotopic (exact) mass is 333 g/mol. The maximum atomic E-state index is 5.84. The van der Waals surface area contributed by atoms with Crippen molar-refractivity contribution in [2.24, 2.45) is 0 Å². The van der Waals surface area contributed by atoms with E-state index in [1.807, 2.05) is 30.3 Å². The summed E-state index contributed by atoms with van der Waals surface area (Å²) in [5.74, 6) is 0.922. The molecule has 2 aromatic carbocycles. The molecule has 0 saturated heterocycles. The average molecular weight is 334 g/mol. The second kappa shape index (κ2) is 8.08. The van der Waals surface area contributed by atoms with Gasteiger partial charge in [-0.15, -0.1) is 0 Å². The van der Waals surface area contributed by atoms with E-state index in [-0.39, 0.29) is 0 Å². The third-order valence-corrected chi connectivity index (χ3v) is 3.61. The molecular formula is C17H20BrNO. The van der Waals surface area contributed by atoms with Crippen LogP contribution in [0.4, 0.5) is 0 Å². The SMILES string of the molecule is CCNC(COc1ccccc1)Cc1ccc(Br)cc1. The predicted octanol–water partition coefficient (Wildman–Crippen LogP) is 4.05. The van der Waals surface area contributed by atoms with Crippen molar-refractivity contribution in [1.29, 1.82) is 0 Å². The zero-order chi connectivity index (χ0) is 14.2. The largest absolute Gasteiger partial charge is 0.492 e. The van der Waals surface area contributed by atoms with Crippen LogP contribution in [0.15, 0.2) is 59.1 Å². The Hall–Kier alpha value is -1.32. The highest BCUT2D eigenvalue weighted by molar-refractivity contribution is 9.10. The van der Waals surface area contributed by atoms with E-state index in [1.54, 1.807) is 0 Å². The quantitative estimate of drug-likeness (QED) is 0.825. The van der Waals surface area contributed by atoms with E-state index in [4.69, 9.17) is 4.74 Å². The number of rotatable bonds is 7. The van der Waals surface area contributed by atoms with Crippen molar-refractivity contribution in [2.75, 3.05) is 13.2 Å². The minimum absolute atomic E-state index is 0.321. The summed E-state index contributed by atoms with van der Waals surface area (Å²) in [6.07, 6.45) is 0.966. The lowest BCUT2D eigenvalue weighted by molar-refractivity contribution is 0.265. The number of likely N-dealkylation sites (N-methyl/N-ethyl adjacent to an activating group) is 1. The Morgan fingerprint density at radius 1 is 1.05 bits per heavy atom. The molecule has 0 aliphatic rings. The van der Waals surface area contributed by atoms with Gasteiger partial charge in [0.15, 0.2) is 0 Å². The molecule has 0 saturated carbocycles. The van der Waals surface area contributed by atoms with Gasteiger partial charge in [0.1, 0.15) is 12.4 Å². The zero-order valence-corrected chi connectivity index (χ0v) is 13.3. The fourth-order valence-electron chi connectivity index (χ4n) is 2.10. The number of halogens is 1. The first-order valence-electron chi connectivity index (χ1n) is 6.93. The molecule has 1 N–H and O–H groups in total. The van der Waals surface area contributed by atoms with Crippen molar-refractivity contribution < 1.29 is 4.74 Å². The third-order valence-electron chi connectivity index (χ3n) is 3.08. The number of hydrogen-bond acceptors (Lipinski definition) is 2. The van der Waals surface area contributed by atoms with Crippen LogP contribution < -0.4 is 10.1 Å². The molecule has 0 fully saturated rings. The van der Waals surface area contributed by atoms with Crippen LogP contribution >= 0.6 is 15.9 Å². The highest BCUT2D eigenvalue weighted by Crippen LogP contribution is 2.13. The van der Waals surface area contributed by atoms with E-state index in [0.717, 1.165) is 23.2 Å². The van der Waals surface area contributed by atoms with Gasteiger partial charge < -0.3 is 10.1 Å². The van der Waals surface area contributed by atoms with Crippen LogP contribution in [-0.2, 0) is 6.42 Å². The van der Waals surface area contributed by atoms with Crippen LogP contribution in [0.1, 0.15) is 12.5 Å². The number of ether oxygens (including phenoxy) is 1. The first-order valence-corrected chi connectivity index (χ1v) is 7.73. The lowest BCUT2D eigenvalue weighted by Gasteiger charge is -2.18. The summed E-state index contributed by atoms with van der Waals surface area (Å²) in [6, 6.07) is 18.7. The van der Waals surface area contributed by atoms with Crippen molar-refractivity contribution in [3.05, 3.63) is 64.6 Å². The molecule has 0 spiro atoms. The van der Waals surface area contributed by atoms with Crippen LogP contribution in [0.5, 0.6) is 5.75 Å². The van der Waals surface area contributed by atoms with Gasteiger partial charge in [0.2, 0.25) is 0 Å². The van der Waals surface area contributed by atoms with E-state index in [9.17, 15) is 0 Å². The minimum atomic E-state index is 0.321. The van der Waals surface area contributed by atoms with Crippen molar-refractivity contribution in [1.82, 2.24) is 5.32 Å². The molecule has 20 heavy (non-hydrogen) atoms. The highest BCUT2D eigenvalue weighted by atomic mass is 79.9. The van der Waals surface area contributed by atoms with Crippen LogP contribution in [0.3, 0.4) is 0 Å². The fourth-order valence-corrected chi connectivity index (χ4v) is 2.36. The molecule has 0 heterocycles. The lowest BCUT2D eigenvalue weighted by Crippen LogP contribution is -2.36. The minimum Gasteiger partial charge on any atom is -0.492 e. The molecule has 106 valence electrons. The lowest BCUT2D eigenvalue weighted by atomic mass is 10.1. The highest BCUT2D eigenvalue weighted by Gasteiger charge is 2.09. The molecule has 0 aliphatic heterocycles. The molecular weight excluding hydrogens is 314 g/mol. The van der Waals surface area contributed by atoms with Crippen LogP contribution in [0, 0.1) is 0 Å². The summed E-state index contributed by atoms with van der Waals surface area (Å²) in [7, 11) is 0. The van der Waals surface area contributed by atoms with E-state index in [0.29, 0.717) is 12.6 Å². The molecule has 0 aliphatic carbocycles. The molecule has 1 unspecified atom stereocenters. The standard InChI is InChI=1S/C17H20BrNO/c1-2-19-16(12-14-8-10-15(18)11-9-14)13-20-17-6-4-3-5-7-17/h3-11,16,19H,2,12-13H2,1H3. The number of benzene rings is 2. The van der Waals surface area contributed by atoms with E-state index < -0.39 is 0 Å². The summed E-state index contributed by atoms with van der Waals surface area (Å²) in [5.41, 5.74) is 1.32. The van der Waals surface area contributed by atoms with E-state index >= 15 is 0 Å². The average Bonchev–Trinajstić information content (AvgIpc) is 2.48. The summed E-state index contributed by atoms with van der Waals surface area (Å²) < 4.78 is 6.96. The number of nitrogens with one attached hydrogen (secondary N) is 1. The first-order chi connectivity index (χ1) is 9.78. The van der Waals surface area contributed by atoms with Crippen LogP contribution in [0.2, 0.25) is 0 Å². The molecule has 1 atom stereocenters. The molecule has 2 nitrogen and oxygen atoms in total. The molecule has 0 bridgehead atoms. The van der Waals surface area contributed by atoms with Crippen molar-refractivity contribution in [3.63, 3.8) is 0 Å². The summed E-state index contributed by atoms with van der Waals surface area (Å²) >= 11 is 3.46. The third kappa shape index (κ3) is 4.99. The second-order valence-corrected chi connectivity index (χ2v) is 5.62. The Morgan fingerprint density at radius 3 is 2.40 bits per heavy atom. The van der Waals surface area contributed by atoms with Gasteiger partial charge in [0, 0.05) is 10.5 Å². The Kier molecular flexibility index (Phi) is 6.09. The summed E-state index contributed by atoms with van der Waals surface area (Å²) in [6.45, 7) is 3.74. The van der Waals surface area contributed by atoms with Gasteiger partial charge in [-0.25, -0.2) is 0 Å². The molecule has 3 heteroatoms. The first kappa shape index (κ1) is 15.1. The van der Waals surface area contributed by atoms with Crippen LogP contribution in [0.25, 0.3) is 0 Å². The van der Waals surface area contributed by atoms with Gasteiger partial charge in [0.05, 0.1) is 0 Å². The molecule has 0 amide bonds. The van der Waals surface area contributed by atoms with Gasteiger partial charge in [-0.1, -0.05) is 53.2 Å². The van der Waals surface area contributed by atoms with Crippen molar-refractivity contribution in [2.45, 2.75) is 19.4 Å². The van der Waals surface area contributed by atoms with Gasteiger partial charge in [-0.3, -0.25) is 0 Å². The number of hydrogen-bond donors (Lipinski definition) is 1. The maximum Gasteiger partial charge on any atom is 0.119 e. The molecule has 2 aromatic rings. The fraction of sp³-hybridized carbons (Fsp3) is 0.294. The van der Waals surface area contributed by atoms with Gasteiger partial charge >= 0.3 is 0 Å². The predicted molar refractivity (Wildman–Crippen MR) is 87.2 cm³/mol. The molecule has 0 radical (unpaired) electrons. The molecule has 2 rings (SSSR count).